The number of para-hydroxylation sites is 1. The number of benzene rings is 2. The molecule has 0 aliphatic heterocycles. The summed E-state index contributed by atoms with van der Waals surface area (Å²) in [6.45, 7) is 0.0786. The van der Waals surface area contributed by atoms with Gasteiger partial charge in [-0.15, -0.1) is 0 Å². The molecule has 2 N–H and O–H groups in total. The van der Waals surface area contributed by atoms with Crippen LogP contribution < -0.4 is 10.6 Å². The molecule has 2 heterocycles. The number of nitrogens with zero attached hydrogens (tertiary/aromatic N) is 2. The fraction of sp³-hybridized carbons (Fsp3) is 0.0800. The van der Waals surface area contributed by atoms with E-state index in [9.17, 15) is 14.0 Å². The zero-order chi connectivity index (χ0) is 23.0. The molecule has 2 amide bonds. The van der Waals surface area contributed by atoms with E-state index in [1.807, 2.05) is 30.3 Å². The van der Waals surface area contributed by atoms with Crippen LogP contribution in [0.25, 0.3) is 23.0 Å². The highest BCUT2D eigenvalue weighted by Gasteiger charge is 2.11. The molecule has 2 aromatic carbocycles. The molecule has 0 aliphatic rings. The third kappa shape index (κ3) is 5.82. The van der Waals surface area contributed by atoms with Crippen molar-refractivity contribution in [1.82, 2.24) is 20.4 Å². The molecule has 7 nitrogen and oxygen atoms in total. The maximum Gasteiger partial charge on any atom is 0.244 e. The van der Waals surface area contributed by atoms with Gasteiger partial charge in [-0.25, -0.2) is 9.07 Å². The Morgan fingerprint density at radius 1 is 1.00 bits per heavy atom. The van der Waals surface area contributed by atoms with Crippen LogP contribution in [0.3, 0.4) is 0 Å². The molecule has 166 valence electrons. The topological polar surface area (TPSA) is 89.2 Å². The largest absolute Gasteiger partial charge is 0.467 e. The van der Waals surface area contributed by atoms with Crippen LogP contribution in [0.4, 0.5) is 4.39 Å². The van der Waals surface area contributed by atoms with Gasteiger partial charge in [-0.2, -0.15) is 5.10 Å². The Hall–Kier alpha value is -4.46. The zero-order valence-electron chi connectivity index (χ0n) is 17.6. The molecule has 33 heavy (non-hydrogen) atoms. The third-order valence-corrected chi connectivity index (χ3v) is 4.76. The number of aromatic nitrogens is 2. The van der Waals surface area contributed by atoms with Crippen molar-refractivity contribution in [2.24, 2.45) is 0 Å². The number of hydrogen-bond donors (Lipinski definition) is 2. The summed E-state index contributed by atoms with van der Waals surface area (Å²) in [7, 11) is 0. The van der Waals surface area contributed by atoms with E-state index in [-0.39, 0.29) is 24.8 Å². The summed E-state index contributed by atoms with van der Waals surface area (Å²) in [6.07, 6.45) is 6.25. The van der Waals surface area contributed by atoms with Gasteiger partial charge < -0.3 is 15.1 Å². The first kappa shape index (κ1) is 21.8. The van der Waals surface area contributed by atoms with E-state index in [1.165, 1.54) is 24.5 Å². The summed E-state index contributed by atoms with van der Waals surface area (Å²) in [5, 5.41) is 9.82. The summed E-state index contributed by atoms with van der Waals surface area (Å²) >= 11 is 0. The molecule has 8 heteroatoms. The van der Waals surface area contributed by atoms with Crippen molar-refractivity contribution in [2.45, 2.75) is 6.54 Å². The quantitative estimate of drug-likeness (QED) is 0.406. The molecule has 0 fully saturated rings. The van der Waals surface area contributed by atoms with E-state index in [2.05, 4.69) is 15.7 Å². The Labute approximate surface area is 189 Å². The Bertz CT molecular complexity index is 1250. The Balaban J connectivity index is 1.45. The van der Waals surface area contributed by atoms with Crippen LogP contribution in [-0.2, 0) is 16.1 Å². The number of hydrogen-bond acceptors (Lipinski definition) is 4. The van der Waals surface area contributed by atoms with E-state index in [4.69, 9.17) is 4.42 Å². The second kappa shape index (κ2) is 10.2. The highest BCUT2D eigenvalue weighted by Crippen LogP contribution is 2.25. The number of carbonyl (C=O) groups excluding carboxylic acids is 2. The summed E-state index contributed by atoms with van der Waals surface area (Å²) in [6, 6.07) is 19.0. The van der Waals surface area contributed by atoms with Crippen molar-refractivity contribution < 1.29 is 18.4 Å². The summed E-state index contributed by atoms with van der Waals surface area (Å²) in [4.78, 5) is 24.2. The van der Waals surface area contributed by atoms with Crippen molar-refractivity contribution in [3.63, 3.8) is 0 Å². The average molecular weight is 444 g/mol. The SMILES string of the molecule is O=C(/C=C/c1cn(-c2ccccc2)nc1-c1ccc(F)cc1)NCC(=O)NCc1ccco1. The van der Waals surface area contributed by atoms with Crippen molar-refractivity contribution in [2.75, 3.05) is 6.54 Å². The molecule has 0 saturated carbocycles. The maximum absolute atomic E-state index is 13.4. The van der Waals surface area contributed by atoms with Crippen LogP contribution in [0.15, 0.2) is 89.7 Å². The predicted molar refractivity (Wildman–Crippen MR) is 122 cm³/mol. The lowest BCUT2D eigenvalue weighted by atomic mass is 10.1. The average Bonchev–Trinajstić information content (AvgIpc) is 3.51. The van der Waals surface area contributed by atoms with Crippen LogP contribution in [0.5, 0.6) is 0 Å². The minimum Gasteiger partial charge on any atom is -0.467 e. The summed E-state index contributed by atoms with van der Waals surface area (Å²) < 4.78 is 20.2. The van der Waals surface area contributed by atoms with Gasteiger partial charge in [0.25, 0.3) is 0 Å². The van der Waals surface area contributed by atoms with Gasteiger partial charge in [0.2, 0.25) is 11.8 Å². The van der Waals surface area contributed by atoms with Crippen LogP contribution in [0.2, 0.25) is 0 Å². The fourth-order valence-electron chi connectivity index (χ4n) is 3.11. The maximum atomic E-state index is 13.4. The molecule has 4 aromatic rings. The lowest BCUT2D eigenvalue weighted by molar-refractivity contribution is -0.124. The first-order valence-electron chi connectivity index (χ1n) is 10.2. The summed E-state index contributed by atoms with van der Waals surface area (Å²) in [5.74, 6) is -0.487. The van der Waals surface area contributed by atoms with Gasteiger partial charge in [0, 0.05) is 23.4 Å². The molecule has 0 aliphatic carbocycles. The van der Waals surface area contributed by atoms with Crippen molar-refractivity contribution in [1.29, 1.82) is 0 Å². The first-order valence-corrected chi connectivity index (χ1v) is 10.2. The lowest BCUT2D eigenvalue weighted by Gasteiger charge is -2.04. The number of nitrogens with one attached hydrogen (secondary N) is 2. The molecule has 0 saturated heterocycles. The van der Waals surface area contributed by atoms with E-state index in [0.717, 1.165) is 5.69 Å². The van der Waals surface area contributed by atoms with Gasteiger partial charge >= 0.3 is 0 Å². The van der Waals surface area contributed by atoms with Gasteiger partial charge in [0.05, 0.1) is 30.7 Å². The van der Waals surface area contributed by atoms with Gasteiger partial charge in [-0.1, -0.05) is 18.2 Å². The Morgan fingerprint density at radius 3 is 2.52 bits per heavy atom. The molecule has 2 aromatic heterocycles. The molecule has 0 atom stereocenters. The Morgan fingerprint density at radius 2 is 1.79 bits per heavy atom. The smallest absolute Gasteiger partial charge is 0.244 e. The third-order valence-electron chi connectivity index (χ3n) is 4.76. The van der Waals surface area contributed by atoms with Crippen LogP contribution >= 0.6 is 0 Å². The number of furan rings is 1. The predicted octanol–water partition coefficient (Wildman–Crippen LogP) is 3.72. The zero-order valence-corrected chi connectivity index (χ0v) is 17.6. The van der Waals surface area contributed by atoms with Crippen molar-refractivity contribution in [3.8, 4) is 16.9 Å². The van der Waals surface area contributed by atoms with Gasteiger partial charge in [0.15, 0.2) is 0 Å². The standard InChI is InChI=1S/C25H21FN4O3/c26-20-11-8-18(9-12-20)25-19(17-30(29-25)21-5-2-1-3-6-21)10-13-23(31)28-16-24(32)27-15-22-7-4-14-33-22/h1-14,17H,15-16H2,(H,27,32)(H,28,31)/b13-10+. The Kier molecular flexibility index (Phi) is 6.75. The van der Waals surface area contributed by atoms with Crippen LogP contribution in [0.1, 0.15) is 11.3 Å². The second-order valence-corrected chi connectivity index (χ2v) is 7.13. The number of carbonyl (C=O) groups is 2. The second-order valence-electron chi connectivity index (χ2n) is 7.13. The number of halogens is 1. The van der Waals surface area contributed by atoms with E-state index >= 15 is 0 Å². The molecular weight excluding hydrogens is 423 g/mol. The molecule has 0 unspecified atom stereocenters. The number of rotatable bonds is 8. The molecule has 0 spiro atoms. The highest BCUT2D eigenvalue weighted by atomic mass is 19.1. The monoisotopic (exact) mass is 444 g/mol. The minimum atomic E-state index is -0.430. The highest BCUT2D eigenvalue weighted by molar-refractivity contribution is 5.95. The van der Waals surface area contributed by atoms with Gasteiger partial charge in [0.1, 0.15) is 11.6 Å². The number of amides is 2. The molecule has 4 rings (SSSR count). The van der Waals surface area contributed by atoms with Crippen LogP contribution in [0, 0.1) is 5.82 Å². The minimum absolute atomic E-state index is 0.169. The van der Waals surface area contributed by atoms with E-state index in [0.29, 0.717) is 22.6 Å². The fourth-order valence-corrected chi connectivity index (χ4v) is 3.11. The van der Waals surface area contributed by atoms with Gasteiger partial charge in [-0.05, 0) is 54.6 Å². The normalized spacial score (nSPS) is 10.9. The molecule has 0 radical (unpaired) electrons. The van der Waals surface area contributed by atoms with Crippen molar-refractivity contribution in [3.05, 3.63) is 102 Å². The first-order chi connectivity index (χ1) is 16.1. The van der Waals surface area contributed by atoms with E-state index < -0.39 is 5.91 Å². The van der Waals surface area contributed by atoms with Crippen LogP contribution in [-0.4, -0.2) is 28.1 Å². The van der Waals surface area contributed by atoms with Gasteiger partial charge in [-0.3, -0.25) is 9.59 Å². The van der Waals surface area contributed by atoms with E-state index in [1.54, 1.807) is 41.2 Å². The van der Waals surface area contributed by atoms with Crippen molar-refractivity contribution >= 4 is 17.9 Å². The molecular formula is C25H21FN4O3. The lowest BCUT2D eigenvalue weighted by Crippen LogP contribution is -2.35. The molecule has 0 bridgehead atoms. The summed E-state index contributed by atoms with van der Waals surface area (Å²) in [5.41, 5.74) is 2.82.